The zero-order chi connectivity index (χ0) is 16.5. The van der Waals surface area contributed by atoms with Gasteiger partial charge >= 0.3 is 6.36 Å². The van der Waals surface area contributed by atoms with E-state index in [0.717, 1.165) is 24.3 Å². The maximum atomic E-state index is 12.5. The number of piperidine rings is 1. The Balaban J connectivity index is 2.19. The van der Waals surface area contributed by atoms with Crippen LogP contribution in [-0.2, 0) is 10.0 Å². The predicted molar refractivity (Wildman–Crippen MR) is 73.7 cm³/mol. The van der Waals surface area contributed by atoms with E-state index in [1.54, 1.807) is 6.92 Å². The molecule has 124 valence electrons. The van der Waals surface area contributed by atoms with Crippen molar-refractivity contribution in [3.63, 3.8) is 0 Å². The highest BCUT2D eigenvalue weighted by Gasteiger charge is 2.34. The average molecular weight is 338 g/mol. The standard InChI is InChI=1S/C13H17F3N2O3S/c1-9-8-10(17)6-7-18(9)22(19,20)12-4-2-11(3-5-12)21-13(14,15)16/h2-5,9-10H,6-8,17H2,1H3/t9-,10-/m1/s1. The van der Waals surface area contributed by atoms with Crippen LogP contribution in [0.4, 0.5) is 13.2 Å². The molecule has 0 aliphatic carbocycles. The molecule has 0 spiro atoms. The maximum Gasteiger partial charge on any atom is 0.573 e. The van der Waals surface area contributed by atoms with Gasteiger partial charge in [-0.1, -0.05) is 0 Å². The second kappa shape index (κ2) is 6.05. The van der Waals surface area contributed by atoms with Gasteiger partial charge in [0.1, 0.15) is 5.75 Å². The Morgan fingerprint density at radius 1 is 1.27 bits per heavy atom. The van der Waals surface area contributed by atoms with E-state index in [9.17, 15) is 21.6 Å². The molecule has 9 heteroatoms. The highest BCUT2D eigenvalue weighted by molar-refractivity contribution is 7.89. The van der Waals surface area contributed by atoms with Crippen LogP contribution >= 0.6 is 0 Å². The summed E-state index contributed by atoms with van der Waals surface area (Å²) in [4.78, 5) is -0.0654. The Labute approximate surface area is 126 Å². The number of rotatable bonds is 3. The molecule has 1 aromatic carbocycles. The van der Waals surface area contributed by atoms with Gasteiger partial charge < -0.3 is 10.5 Å². The van der Waals surface area contributed by atoms with Gasteiger partial charge in [0.15, 0.2) is 0 Å². The third kappa shape index (κ3) is 3.90. The lowest BCUT2D eigenvalue weighted by molar-refractivity contribution is -0.274. The summed E-state index contributed by atoms with van der Waals surface area (Å²) in [5, 5.41) is 0. The van der Waals surface area contributed by atoms with Gasteiger partial charge in [-0.2, -0.15) is 4.31 Å². The molecule has 1 fully saturated rings. The van der Waals surface area contributed by atoms with Crippen LogP contribution in [0.25, 0.3) is 0 Å². The van der Waals surface area contributed by atoms with E-state index in [-0.39, 0.29) is 17.0 Å². The molecule has 1 aromatic rings. The van der Waals surface area contributed by atoms with Crippen molar-refractivity contribution in [1.29, 1.82) is 0 Å². The summed E-state index contributed by atoms with van der Waals surface area (Å²) in [6, 6.07) is 3.90. The van der Waals surface area contributed by atoms with E-state index in [1.165, 1.54) is 4.31 Å². The molecule has 0 aromatic heterocycles. The molecule has 2 atom stereocenters. The van der Waals surface area contributed by atoms with Crippen molar-refractivity contribution in [2.24, 2.45) is 5.73 Å². The lowest BCUT2D eigenvalue weighted by Crippen LogP contribution is -2.48. The van der Waals surface area contributed by atoms with Gasteiger partial charge in [0.05, 0.1) is 4.90 Å². The number of halogens is 3. The first-order valence-electron chi connectivity index (χ1n) is 6.73. The third-order valence-corrected chi connectivity index (χ3v) is 5.55. The van der Waals surface area contributed by atoms with E-state index >= 15 is 0 Å². The van der Waals surface area contributed by atoms with Crippen LogP contribution in [0.15, 0.2) is 29.2 Å². The summed E-state index contributed by atoms with van der Waals surface area (Å²) in [7, 11) is -3.75. The lowest BCUT2D eigenvalue weighted by Gasteiger charge is -2.35. The summed E-state index contributed by atoms with van der Waals surface area (Å²) >= 11 is 0. The molecule has 1 aliphatic rings. The molecule has 0 amide bonds. The van der Waals surface area contributed by atoms with Crippen molar-refractivity contribution in [2.75, 3.05) is 6.54 Å². The number of benzene rings is 1. The van der Waals surface area contributed by atoms with Crippen LogP contribution in [-0.4, -0.2) is 37.7 Å². The number of nitrogens with two attached hydrogens (primary N) is 1. The average Bonchev–Trinajstić information content (AvgIpc) is 2.36. The fraction of sp³-hybridized carbons (Fsp3) is 0.538. The van der Waals surface area contributed by atoms with E-state index in [4.69, 9.17) is 5.73 Å². The highest BCUT2D eigenvalue weighted by atomic mass is 32.2. The van der Waals surface area contributed by atoms with E-state index in [2.05, 4.69) is 4.74 Å². The van der Waals surface area contributed by atoms with Gasteiger partial charge in [0, 0.05) is 18.6 Å². The van der Waals surface area contributed by atoms with Crippen molar-refractivity contribution in [1.82, 2.24) is 4.31 Å². The molecule has 0 unspecified atom stereocenters. The summed E-state index contributed by atoms with van der Waals surface area (Å²) in [6.07, 6.45) is -3.70. The van der Waals surface area contributed by atoms with E-state index < -0.39 is 22.1 Å². The predicted octanol–water partition coefficient (Wildman–Crippen LogP) is 2.09. The van der Waals surface area contributed by atoms with Crippen LogP contribution in [0.3, 0.4) is 0 Å². The molecular formula is C13H17F3N2O3S. The summed E-state index contributed by atoms with van der Waals surface area (Å²) in [6.45, 7) is 2.06. The Kier molecular flexibility index (Phi) is 4.69. The Morgan fingerprint density at radius 3 is 2.36 bits per heavy atom. The Bertz CT molecular complexity index is 616. The third-order valence-electron chi connectivity index (χ3n) is 3.52. The van der Waals surface area contributed by atoms with Crippen LogP contribution in [0.2, 0.25) is 0 Å². The van der Waals surface area contributed by atoms with Crippen molar-refractivity contribution in [2.45, 2.75) is 43.1 Å². The fourth-order valence-electron chi connectivity index (χ4n) is 2.49. The quantitative estimate of drug-likeness (QED) is 0.916. The van der Waals surface area contributed by atoms with Gasteiger partial charge in [-0.25, -0.2) is 8.42 Å². The fourth-order valence-corrected chi connectivity index (χ4v) is 4.15. The smallest absolute Gasteiger partial charge is 0.406 e. The van der Waals surface area contributed by atoms with Crippen LogP contribution in [0.1, 0.15) is 19.8 Å². The molecule has 0 saturated carbocycles. The Morgan fingerprint density at radius 2 is 1.86 bits per heavy atom. The zero-order valence-corrected chi connectivity index (χ0v) is 12.7. The minimum atomic E-state index is -4.81. The van der Waals surface area contributed by atoms with Gasteiger partial charge in [-0.05, 0) is 44.0 Å². The largest absolute Gasteiger partial charge is 0.573 e. The lowest BCUT2D eigenvalue weighted by atomic mass is 10.0. The molecule has 1 saturated heterocycles. The van der Waals surface area contributed by atoms with E-state index in [0.29, 0.717) is 19.4 Å². The maximum absolute atomic E-state index is 12.5. The minimum Gasteiger partial charge on any atom is -0.406 e. The topological polar surface area (TPSA) is 72.6 Å². The number of hydrogen-bond acceptors (Lipinski definition) is 4. The molecule has 0 bridgehead atoms. The highest BCUT2D eigenvalue weighted by Crippen LogP contribution is 2.28. The first-order valence-corrected chi connectivity index (χ1v) is 8.17. The Hall–Kier alpha value is -1.32. The number of sulfonamides is 1. The molecule has 5 nitrogen and oxygen atoms in total. The van der Waals surface area contributed by atoms with Crippen molar-refractivity contribution in [3.8, 4) is 5.75 Å². The van der Waals surface area contributed by atoms with Crippen LogP contribution < -0.4 is 10.5 Å². The first kappa shape index (κ1) is 17.0. The van der Waals surface area contributed by atoms with Gasteiger partial charge in [-0.3, -0.25) is 0 Å². The summed E-state index contributed by atoms with van der Waals surface area (Å²) in [5.74, 6) is -0.458. The van der Waals surface area contributed by atoms with Crippen molar-refractivity contribution in [3.05, 3.63) is 24.3 Å². The van der Waals surface area contributed by atoms with Gasteiger partial charge in [-0.15, -0.1) is 13.2 Å². The summed E-state index contributed by atoms with van der Waals surface area (Å²) in [5.41, 5.74) is 5.80. The number of alkyl halides is 3. The minimum absolute atomic E-state index is 0.0380. The van der Waals surface area contributed by atoms with Crippen LogP contribution in [0, 0.1) is 0 Å². The molecular weight excluding hydrogens is 321 g/mol. The van der Waals surface area contributed by atoms with Crippen molar-refractivity contribution >= 4 is 10.0 Å². The number of nitrogens with zero attached hydrogens (tertiary/aromatic N) is 1. The normalized spacial score (nSPS) is 24.2. The number of ether oxygens (including phenoxy) is 1. The first-order chi connectivity index (χ1) is 10.1. The molecule has 2 N–H and O–H groups in total. The molecule has 2 rings (SSSR count). The molecule has 1 aliphatic heterocycles. The second-order valence-electron chi connectivity index (χ2n) is 5.27. The molecule has 22 heavy (non-hydrogen) atoms. The van der Waals surface area contributed by atoms with Crippen molar-refractivity contribution < 1.29 is 26.3 Å². The zero-order valence-electron chi connectivity index (χ0n) is 11.9. The van der Waals surface area contributed by atoms with Crippen LogP contribution in [0.5, 0.6) is 5.75 Å². The SMILES string of the molecule is C[C@@H]1C[C@H](N)CCN1S(=O)(=O)c1ccc(OC(F)(F)F)cc1. The second-order valence-corrected chi connectivity index (χ2v) is 7.16. The molecule has 1 heterocycles. The molecule has 0 radical (unpaired) electrons. The monoisotopic (exact) mass is 338 g/mol. The van der Waals surface area contributed by atoms with E-state index in [1.807, 2.05) is 0 Å². The van der Waals surface area contributed by atoms with Gasteiger partial charge in [0.2, 0.25) is 10.0 Å². The number of hydrogen-bond donors (Lipinski definition) is 1. The summed E-state index contributed by atoms with van der Waals surface area (Å²) < 4.78 is 66.4. The van der Waals surface area contributed by atoms with Gasteiger partial charge in [0.25, 0.3) is 0 Å².